The molecule has 0 aliphatic carbocycles. The van der Waals surface area contributed by atoms with Crippen molar-refractivity contribution in [2.24, 2.45) is 4.99 Å². The molecule has 3 nitrogen and oxygen atoms in total. The number of phenols is 1. The molecule has 0 fully saturated rings. The molecule has 27 heavy (non-hydrogen) atoms. The molecule has 0 bridgehead atoms. The molecular formula is C20H19F4NO2. The molecule has 0 spiro atoms. The summed E-state index contributed by atoms with van der Waals surface area (Å²) in [6.45, 7) is 8.57. The first-order valence-electron chi connectivity index (χ1n) is 8.05. The fourth-order valence-corrected chi connectivity index (χ4v) is 2.39. The largest absolute Gasteiger partial charge is 0.507 e. The van der Waals surface area contributed by atoms with Gasteiger partial charge in [-0.25, -0.2) is 13.8 Å². The molecular weight excluding hydrogens is 362 g/mol. The summed E-state index contributed by atoms with van der Waals surface area (Å²) >= 11 is 0. The number of halogens is 4. The van der Waals surface area contributed by atoms with Gasteiger partial charge in [0.05, 0.1) is 0 Å². The van der Waals surface area contributed by atoms with Gasteiger partial charge in [-0.05, 0) is 17.0 Å². The number of nitrogens with zero attached hydrogens (tertiary/aromatic N) is 1. The fraction of sp³-hybridized carbons (Fsp3) is 0.250. The van der Waals surface area contributed by atoms with Crippen LogP contribution in [0.3, 0.4) is 0 Å². The summed E-state index contributed by atoms with van der Waals surface area (Å²) in [4.78, 5) is 3.51. The van der Waals surface area contributed by atoms with Gasteiger partial charge >= 0.3 is 0 Å². The Morgan fingerprint density at radius 1 is 1.07 bits per heavy atom. The van der Waals surface area contributed by atoms with E-state index in [4.69, 9.17) is 0 Å². The highest BCUT2D eigenvalue weighted by molar-refractivity contribution is 5.86. The second-order valence-electron chi connectivity index (χ2n) is 6.78. The summed E-state index contributed by atoms with van der Waals surface area (Å²) in [6.07, 6.45) is 2.11. The Morgan fingerprint density at radius 2 is 1.67 bits per heavy atom. The molecule has 2 rings (SSSR count). The van der Waals surface area contributed by atoms with Crippen LogP contribution in [-0.2, 0) is 5.41 Å². The minimum Gasteiger partial charge on any atom is -0.507 e. The summed E-state index contributed by atoms with van der Waals surface area (Å²) in [5.41, 5.74) is -0.823. The molecule has 0 saturated heterocycles. The van der Waals surface area contributed by atoms with Crippen LogP contribution in [0.15, 0.2) is 35.8 Å². The Hall–Kier alpha value is -2.83. The van der Waals surface area contributed by atoms with Crippen molar-refractivity contribution < 1.29 is 27.4 Å². The number of para-hydroxylation sites is 1. The number of aromatic hydroxyl groups is 1. The Kier molecular flexibility index (Phi) is 5.93. The van der Waals surface area contributed by atoms with Crippen molar-refractivity contribution in [3.63, 3.8) is 0 Å². The maximum atomic E-state index is 14.1. The van der Waals surface area contributed by atoms with Crippen molar-refractivity contribution in [3.05, 3.63) is 65.2 Å². The lowest BCUT2D eigenvalue weighted by atomic mass is 9.85. The van der Waals surface area contributed by atoms with E-state index in [1.165, 1.54) is 12.1 Å². The molecule has 0 unspecified atom stereocenters. The third kappa shape index (κ3) is 4.13. The summed E-state index contributed by atoms with van der Waals surface area (Å²) in [7, 11) is 0. The third-order valence-electron chi connectivity index (χ3n) is 3.75. The number of rotatable bonds is 5. The van der Waals surface area contributed by atoms with Gasteiger partial charge in [-0.15, -0.1) is 0 Å². The molecule has 7 heteroatoms. The Labute approximate surface area is 154 Å². The lowest BCUT2D eigenvalue weighted by Gasteiger charge is -2.21. The maximum Gasteiger partial charge on any atom is 0.206 e. The lowest BCUT2D eigenvalue weighted by Crippen LogP contribution is -2.11. The second-order valence-corrected chi connectivity index (χ2v) is 6.78. The quantitative estimate of drug-likeness (QED) is 0.319. The van der Waals surface area contributed by atoms with Crippen LogP contribution in [0.25, 0.3) is 0 Å². The Morgan fingerprint density at radius 3 is 2.19 bits per heavy atom. The summed E-state index contributed by atoms with van der Waals surface area (Å²) in [5, 5.41) is 10.3. The first kappa shape index (κ1) is 20.5. The first-order chi connectivity index (χ1) is 12.6. The molecule has 0 radical (unpaired) electrons. The van der Waals surface area contributed by atoms with E-state index in [1.807, 2.05) is 20.8 Å². The highest BCUT2D eigenvalue weighted by Gasteiger charge is 2.26. The van der Waals surface area contributed by atoms with E-state index >= 15 is 0 Å². The molecule has 144 valence electrons. The average Bonchev–Trinajstić information content (AvgIpc) is 2.60. The molecule has 0 heterocycles. The van der Waals surface area contributed by atoms with Gasteiger partial charge in [0.25, 0.3) is 0 Å². The number of aliphatic imine (C=N–C) groups is 1. The molecule has 2 aromatic rings. The first-order valence-corrected chi connectivity index (χ1v) is 8.05. The smallest absolute Gasteiger partial charge is 0.206 e. The van der Waals surface area contributed by atoms with Gasteiger partial charge in [0.2, 0.25) is 11.6 Å². The summed E-state index contributed by atoms with van der Waals surface area (Å²) in [5.74, 6) is -8.11. The number of ether oxygens (including phenoxy) is 1. The standard InChI is InChI=1S/C20H19F4NO2/c1-5-9-27-19-15(23)13(21)17(14(22)16(19)24)25-10-11-7-6-8-12(18(11)26)20(2,3)4/h5-8,10,26H,1,9H2,2-4H3. The normalized spacial score (nSPS) is 11.8. The van der Waals surface area contributed by atoms with Crippen molar-refractivity contribution in [1.82, 2.24) is 0 Å². The fourth-order valence-electron chi connectivity index (χ4n) is 2.39. The zero-order chi connectivity index (χ0) is 20.4. The predicted molar refractivity (Wildman–Crippen MR) is 96.0 cm³/mol. The second kappa shape index (κ2) is 7.82. The minimum absolute atomic E-state index is 0.138. The predicted octanol–water partition coefficient (Wildman–Crippen LogP) is 5.56. The molecule has 0 aliphatic heterocycles. The van der Waals surface area contributed by atoms with E-state index in [-0.39, 0.29) is 17.9 Å². The van der Waals surface area contributed by atoms with Crippen molar-refractivity contribution in [2.45, 2.75) is 26.2 Å². The van der Waals surface area contributed by atoms with Crippen molar-refractivity contribution >= 4 is 11.9 Å². The lowest BCUT2D eigenvalue weighted by molar-refractivity contribution is 0.303. The van der Waals surface area contributed by atoms with E-state index < -0.39 is 40.1 Å². The van der Waals surface area contributed by atoms with E-state index in [0.29, 0.717) is 5.56 Å². The van der Waals surface area contributed by atoms with E-state index in [1.54, 1.807) is 12.1 Å². The van der Waals surface area contributed by atoms with Crippen LogP contribution in [0, 0.1) is 23.3 Å². The number of benzene rings is 2. The van der Waals surface area contributed by atoms with E-state index in [2.05, 4.69) is 16.3 Å². The van der Waals surface area contributed by atoms with Crippen molar-refractivity contribution in [1.29, 1.82) is 0 Å². The minimum atomic E-state index is -1.70. The van der Waals surface area contributed by atoms with Gasteiger partial charge in [0.15, 0.2) is 17.4 Å². The van der Waals surface area contributed by atoms with Gasteiger partial charge in [-0.2, -0.15) is 8.78 Å². The molecule has 0 aliphatic rings. The molecule has 0 aromatic heterocycles. The van der Waals surface area contributed by atoms with Gasteiger partial charge in [-0.1, -0.05) is 45.6 Å². The third-order valence-corrected chi connectivity index (χ3v) is 3.75. The van der Waals surface area contributed by atoms with Crippen LogP contribution in [0.1, 0.15) is 31.9 Å². The van der Waals surface area contributed by atoms with E-state index in [9.17, 15) is 22.7 Å². The van der Waals surface area contributed by atoms with Crippen LogP contribution < -0.4 is 4.74 Å². The number of phenolic OH excluding ortho intramolecular Hbond substituents is 1. The van der Waals surface area contributed by atoms with Crippen LogP contribution in [0.5, 0.6) is 11.5 Å². The van der Waals surface area contributed by atoms with Gasteiger partial charge in [0, 0.05) is 11.8 Å². The van der Waals surface area contributed by atoms with Crippen molar-refractivity contribution in [3.8, 4) is 11.5 Å². The monoisotopic (exact) mass is 381 g/mol. The molecule has 1 N–H and O–H groups in total. The Balaban J connectivity index is 2.51. The summed E-state index contributed by atoms with van der Waals surface area (Å²) < 4.78 is 60.9. The number of hydrogen-bond donors (Lipinski definition) is 1. The molecule has 0 saturated carbocycles. The van der Waals surface area contributed by atoms with Gasteiger partial charge < -0.3 is 9.84 Å². The van der Waals surface area contributed by atoms with Gasteiger partial charge in [0.1, 0.15) is 18.0 Å². The molecule has 0 amide bonds. The topological polar surface area (TPSA) is 41.8 Å². The zero-order valence-electron chi connectivity index (χ0n) is 15.1. The summed E-state index contributed by atoms with van der Waals surface area (Å²) in [6, 6.07) is 4.78. The SMILES string of the molecule is C=CCOc1c(F)c(F)c(N=Cc2cccc(C(C)(C)C)c2O)c(F)c1F. The van der Waals surface area contributed by atoms with E-state index in [0.717, 1.165) is 6.21 Å². The molecule has 2 aromatic carbocycles. The number of hydrogen-bond acceptors (Lipinski definition) is 3. The zero-order valence-corrected chi connectivity index (χ0v) is 15.1. The van der Waals surface area contributed by atoms with Gasteiger partial charge in [-0.3, -0.25) is 0 Å². The van der Waals surface area contributed by atoms with Crippen molar-refractivity contribution in [2.75, 3.05) is 6.61 Å². The van der Waals surface area contributed by atoms with Crippen LogP contribution in [0.2, 0.25) is 0 Å². The van der Waals surface area contributed by atoms with Crippen LogP contribution >= 0.6 is 0 Å². The maximum absolute atomic E-state index is 14.1. The van der Waals surface area contributed by atoms with Crippen LogP contribution in [0.4, 0.5) is 23.2 Å². The average molecular weight is 381 g/mol. The molecule has 0 atom stereocenters. The highest BCUT2D eigenvalue weighted by Crippen LogP contribution is 2.36. The Bertz CT molecular complexity index is 873. The highest BCUT2D eigenvalue weighted by atomic mass is 19.2. The van der Waals surface area contributed by atoms with Crippen LogP contribution in [-0.4, -0.2) is 17.9 Å².